The van der Waals surface area contributed by atoms with Crippen molar-refractivity contribution in [2.45, 2.75) is 57.9 Å². The molecule has 19 heavy (non-hydrogen) atoms. The van der Waals surface area contributed by atoms with E-state index >= 15 is 0 Å². The molecule has 1 fully saturated rings. The van der Waals surface area contributed by atoms with Gasteiger partial charge in [-0.2, -0.15) is 5.10 Å². The van der Waals surface area contributed by atoms with Gasteiger partial charge in [0.25, 0.3) is 0 Å². The fourth-order valence-corrected chi connectivity index (χ4v) is 4.74. The largest absolute Gasteiger partial charge is 0.284 e. The fraction of sp³-hybridized carbons (Fsp3) is 0.769. The van der Waals surface area contributed by atoms with Crippen molar-refractivity contribution in [1.29, 1.82) is 0 Å². The first kappa shape index (κ1) is 14.5. The minimum Gasteiger partial charge on any atom is -0.284 e. The molecule has 0 bridgehead atoms. The number of nitrogens with zero attached hydrogens (tertiary/aromatic N) is 1. The third-order valence-electron chi connectivity index (χ3n) is 3.66. The average molecular weight is 285 g/mol. The normalized spacial score (nSPS) is 23.4. The van der Waals surface area contributed by atoms with Gasteiger partial charge in [0.15, 0.2) is 0 Å². The number of hydrogen-bond acceptors (Lipinski definition) is 3. The molecule has 0 saturated heterocycles. The first-order valence-electron chi connectivity index (χ1n) is 6.61. The van der Waals surface area contributed by atoms with Gasteiger partial charge in [-0.25, -0.2) is 13.1 Å². The van der Waals surface area contributed by atoms with Crippen LogP contribution in [-0.4, -0.2) is 24.7 Å². The molecule has 0 amide bonds. The van der Waals surface area contributed by atoms with Crippen LogP contribution in [0.5, 0.6) is 0 Å². The van der Waals surface area contributed by atoms with Gasteiger partial charge in [-0.3, -0.25) is 5.10 Å². The number of aromatic nitrogens is 2. The van der Waals surface area contributed by atoms with Gasteiger partial charge in [-0.1, -0.05) is 27.7 Å². The summed E-state index contributed by atoms with van der Waals surface area (Å²) in [4.78, 5) is 0.202. The summed E-state index contributed by atoms with van der Waals surface area (Å²) in [5.74, 6) is 0. The lowest BCUT2D eigenvalue weighted by Crippen LogP contribution is -2.45. The highest BCUT2D eigenvalue weighted by Crippen LogP contribution is 2.45. The van der Waals surface area contributed by atoms with E-state index in [0.29, 0.717) is 0 Å². The van der Waals surface area contributed by atoms with Crippen LogP contribution in [0, 0.1) is 10.8 Å². The Morgan fingerprint density at radius 1 is 1.26 bits per heavy atom. The first-order valence-corrected chi connectivity index (χ1v) is 8.09. The zero-order valence-electron chi connectivity index (χ0n) is 12.0. The Hall–Kier alpha value is -0.880. The van der Waals surface area contributed by atoms with E-state index in [9.17, 15) is 8.42 Å². The maximum absolute atomic E-state index is 12.2. The molecule has 2 rings (SSSR count). The monoisotopic (exact) mass is 285 g/mol. The third-order valence-corrected chi connectivity index (χ3v) is 5.15. The Morgan fingerprint density at radius 3 is 2.32 bits per heavy atom. The van der Waals surface area contributed by atoms with Crippen molar-refractivity contribution in [3.05, 3.63) is 12.4 Å². The van der Waals surface area contributed by atoms with Crippen LogP contribution in [0.3, 0.4) is 0 Å². The van der Waals surface area contributed by atoms with Crippen LogP contribution in [0.25, 0.3) is 0 Å². The van der Waals surface area contributed by atoms with Crippen molar-refractivity contribution < 1.29 is 8.42 Å². The Morgan fingerprint density at radius 2 is 1.84 bits per heavy atom. The van der Waals surface area contributed by atoms with Crippen LogP contribution >= 0.6 is 0 Å². The molecule has 1 saturated carbocycles. The van der Waals surface area contributed by atoms with Gasteiger partial charge in [-0.05, 0) is 30.1 Å². The minimum absolute atomic E-state index is 0.0151. The molecule has 1 aromatic rings. The van der Waals surface area contributed by atoms with E-state index in [2.05, 4.69) is 42.6 Å². The molecule has 0 radical (unpaired) electrons. The lowest BCUT2D eigenvalue weighted by atomic mass is 9.64. The van der Waals surface area contributed by atoms with Crippen LogP contribution in [0.1, 0.15) is 47.0 Å². The van der Waals surface area contributed by atoms with Crippen molar-refractivity contribution in [3.63, 3.8) is 0 Å². The highest BCUT2D eigenvalue weighted by molar-refractivity contribution is 7.89. The molecule has 2 N–H and O–H groups in total. The van der Waals surface area contributed by atoms with Gasteiger partial charge < -0.3 is 0 Å². The van der Waals surface area contributed by atoms with Gasteiger partial charge in [0.1, 0.15) is 4.90 Å². The van der Waals surface area contributed by atoms with Crippen molar-refractivity contribution in [3.8, 4) is 0 Å². The van der Waals surface area contributed by atoms with Crippen molar-refractivity contribution >= 4 is 10.0 Å². The SMILES string of the molecule is CC1(C)CC(NS(=O)(=O)c2cn[nH]c2)CC(C)(C)C1. The number of nitrogens with one attached hydrogen (secondary N) is 2. The highest BCUT2D eigenvalue weighted by atomic mass is 32.2. The molecule has 108 valence electrons. The molecule has 5 nitrogen and oxygen atoms in total. The molecule has 1 aliphatic rings. The van der Waals surface area contributed by atoms with Gasteiger partial charge in [0.2, 0.25) is 10.0 Å². The van der Waals surface area contributed by atoms with E-state index < -0.39 is 10.0 Å². The van der Waals surface area contributed by atoms with Crippen LogP contribution in [0.2, 0.25) is 0 Å². The van der Waals surface area contributed by atoms with Gasteiger partial charge in [-0.15, -0.1) is 0 Å². The summed E-state index contributed by atoms with van der Waals surface area (Å²) >= 11 is 0. The maximum Gasteiger partial charge on any atom is 0.243 e. The van der Waals surface area contributed by atoms with E-state index in [1.54, 1.807) is 0 Å². The topological polar surface area (TPSA) is 74.8 Å². The maximum atomic E-state index is 12.2. The summed E-state index contributed by atoms with van der Waals surface area (Å²) in [6.07, 6.45) is 5.59. The standard InChI is InChI=1S/C13H23N3O2S/c1-12(2)5-10(6-13(3,4)9-12)16-19(17,18)11-7-14-15-8-11/h7-8,10,16H,5-6,9H2,1-4H3,(H,14,15). The predicted octanol–water partition coefficient (Wildman–Crippen LogP) is 2.29. The van der Waals surface area contributed by atoms with Gasteiger partial charge in [0, 0.05) is 12.2 Å². The van der Waals surface area contributed by atoms with Crippen molar-refractivity contribution in [1.82, 2.24) is 14.9 Å². The number of aromatic amines is 1. The highest BCUT2D eigenvalue weighted by Gasteiger charge is 2.39. The lowest BCUT2D eigenvalue weighted by Gasteiger charge is -2.44. The van der Waals surface area contributed by atoms with Crippen molar-refractivity contribution in [2.24, 2.45) is 10.8 Å². The second kappa shape index (κ2) is 4.59. The Kier molecular flexibility index (Phi) is 3.51. The molecule has 1 aromatic heterocycles. The van der Waals surface area contributed by atoms with Crippen LogP contribution in [0.15, 0.2) is 17.3 Å². The van der Waals surface area contributed by atoms with E-state index in [0.717, 1.165) is 19.3 Å². The molecule has 1 heterocycles. The minimum atomic E-state index is -3.46. The van der Waals surface area contributed by atoms with E-state index in [1.165, 1.54) is 12.4 Å². The third kappa shape index (κ3) is 3.57. The second-order valence-electron chi connectivity index (χ2n) is 7.17. The predicted molar refractivity (Wildman–Crippen MR) is 74.1 cm³/mol. The number of hydrogen-bond donors (Lipinski definition) is 2. The molecule has 0 atom stereocenters. The molecule has 0 spiro atoms. The molecule has 0 aliphatic heterocycles. The summed E-state index contributed by atoms with van der Waals surface area (Å²) in [7, 11) is -3.46. The zero-order chi connectivity index (χ0) is 14.3. The Balaban J connectivity index is 2.15. The summed E-state index contributed by atoms with van der Waals surface area (Å²) in [5.41, 5.74) is 0.316. The molecular weight excluding hydrogens is 262 g/mol. The molecule has 0 aromatic carbocycles. The number of sulfonamides is 1. The number of rotatable bonds is 3. The van der Waals surface area contributed by atoms with Crippen LogP contribution in [0.4, 0.5) is 0 Å². The van der Waals surface area contributed by atoms with E-state index in [-0.39, 0.29) is 21.8 Å². The molecular formula is C13H23N3O2S. The van der Waals surface area contributed by atoms with Gasteiger partial charge in [0.05, 0.1) is 6.20 Å². The smallest absolute Gasteiger partial charge is 0.243 e. The first-order chi connectivity index (χ1) is 8.60. The molecule has 6 heteroatoms. The Labute approximate surface area is 115 Å². The average Bonchev–Trinajstić information content (AvgIpc) is 2.62. The number of H-pyrrole nitrogens is 1. The summed E-state index contributed by atoms with van der Waals surface area (Å²) in [5, 5.41) is 6.23. The van der Waals surface area contributed by atoms with Gasteiger partial charge >= 0.3 is 0 Å². The second-order valence-corrected chi connectivity index (χ2v) is 8.88. The summed E-state index contributed by atoms with van der Waals surface area (Å²) in [6.45, 7) is 8.81. The lowest BCUT2D eigenvalue weighted by molar-refractivity contribution is 0.0934. The molecule has 1 aliphatic carbocycles. The summed E-state index contributed by atoms with van der Waals surface area (Å²) in [6, 6.07) is -0.0151. The quantitative estimate of drug-likeness (QED) is 0.894. The van der Waals surface area contributed by atoms with Crippen LogP contribution in [-0.2, 0) is 10.0 Å². The zero-order valence-corrected chi connectivity index (χ0v) is 12.8. The molecule has 0 unspecified atom stereocenters. The van der Waals surface area contributed by atoms with Crippen LogP contribution < -0.4 is 4.72 Å². The van der Waals surface area contributed by atoms with Crippen molar-refractivity contribution in [2.75, 3.05) is 0 Å². The van der Waals surface area contributed by atoms with E-state index in [1.807, 2.05) is 0 Å². The summed E-state index contributed by atoms with van der Waals surface area (Å²) < 4.78 is 27.2. The fourth-order valence-electron chi connectivity index (χ4n) is 3.60. The Bertz CT molecular complexity index is 516. The van der Waals surface area contributed by atoms with E-state index in [4.69, 9.17) is 0 Å².